The molecule has 0 aromatic carbocycles. The van der Waals surface area contributed by atoms with Gasteiger partial charge in [-0.05, 0) is 87.9 Å². The van der Waals surface area contributed by atoms with Crippen LogP contribution in [0.25, 0.3) is 0 Å². The lowest BCUT2D eigenvalue weighted by molar-refractivity contribution is -0.696. The van der Waals surface area contributed by atoms with Gasteiger partial charge in [0.25, 0.3) is 0 Å². The van der Waals surface area contributed by atoms with E-state index in [1.54, 1.807) is 0 Å². The largest absolute Gasteiger partial charge is 0.474 e. The van der Waals surface area contributed by atoms with Crippen molar-refractivity contribution in [2.24, 2.45) is 52.3 Å². The zero-order valence-electron chi connectivity index (χ0n) is 16.5. The van der Waals surface area contributed by atoms with Crippen LogP contribution in [-0.2, 0) is 4.79 Å². The Labute approximate surface area is 153 Å². The van der Waals surface area contributed by atoms with Crippen LogP contribution in [-0.4, -0.2) is 17.2 Å². The van der Waals surface area contributed by atoms with Crippen molar-refractivity contribution in [3.8, 4) is 0 Å². The third-order valence-corrected chi connectivity index (χ3v) is 9.65. The third-order valence-electron chi connectivity index (χ3n) is 9.65. The lowest BCUT2D eigenvalue weighted by Gasteiger charge is -2.66. The number of nitrogens with zero attached hydrogens (tertiary/aromatic N) is 1. The number of carbonyl (C=O) groups excluding carboxylic acids is 1. The summed E-state index contributed by atoms with van der Waals surface area (Å²) in [5, 5.41) is 2.29. The average molecular weight is 345 g/mol. The highest BCUT2D eigenvalue weighted by atomic mass is 16.1. The second-order valence-electron chi connectivity index (χ2n) is 10.4. The normalized spacial score (nSPS) is 57.3. The van der Waals surface area contributed by atoms with E-state index in [1.165, 1.54) is 32.1 Å². The minimum absolute atomic E-state index is 0.164. The Bertz CT molecular complexity index is 585. The number of nitrogens with two attached hydrogens (primary N) is 1. The summed E-state index contributed by atoms with van der Waals surface area (Å²) in [5.41, 5.74) is 0.113. The first-order valence-electron chi connectivity index (χ1n) is 10.6. The SMILES string of the molecule is [CH2-][NH2+][C@]1(C)[C@H](C)C[C@@H]2C[C@H](C)[C@H]3CC[C@](C)(N=C=O)[C@H]4CC[C@H]1[C@@H]2[C@H]34. The summed E-state index contributed by atoms with van der Waals surface area (Å²) < 4.78 is 0. The number of quaternary nitrogens is 1. The molecule has 0 bridgehead atoms. The van der Waals surface area contributed by atoms with E-state index in [-0.39, 0.29) is 11.1 Å². The van der Waals surface area contributed by atoms with Crippen molar-refractivity contribution >= 4 is 6.08 Å². The summed E-state index contributed by atoms with van der Waals surface area (Å²) in [6.07, 6.45) is 9.56. The van der Waals surface area contributed by atoms with Crippen LogP contribution in [0.5, 0.6) is 0 Å². The third kappa shape index (κ3) is 2.34. The summed E-state index contributed by atoms with van der Waals surface area (Å²) >= 11 is 0. The molecule has 4 saturated carbocycles. The molecule has 10 atom stereocenters. The Morgan fingerprint density at radius 2 is 1.80 bits per heavy atom. The highest BCUT2D eigenvalue weighted by Gasteiger charge is 2.63. The molecule has 0 saturated heterocycles. The van der Waals surface area contributed by atoms with Gasteiger partial charge in [-0.3, -0.25) is 0 Å². The molecule has 0 aromatic heterocycles. The predicted octanol–water partition coefficient (Wildman–Crippen LogP) is 3.56. The first kappa shape index (κ1) is 17.7. The second-order valence-corrected chi connectivity index (χ2v) is 10.4. The zero-order chi connectivity index (χ0) is 18.0. The molecular weight excluding hydrogens is 308 g/mol. The van der Waals surface area contributed by atoms with Crippen LogP contribution in [0.1, 0.15) is 66.2 Å². The molecule has 4 rings (SSSR count). The van der Waals surface area contributed by atoms with E-state index in [9.17, 15) is 4.79 Å². The highest BCUT2D eigenvalue weighted by molar-refractivity contribution is 5.35. The van der Waals surface area contributed by atoms with Gasteiger partial charge in [0, 0.05) is 11.8 Å². The fraction of sp³-hybridized carbons (Fsp3) is 0.909. The molecule has 140 valence electrons. The molecule has 0 amide bonds. The summed E-state index contributed by atoms with van der Waals surface area (Å²) in [6, 6.07) is 0. The van der Waals surface area contributed by atoms with E-state index in [0.29, 0.717) is 5.92 Å². The minimum atomic E-state index is -0.164. The van der Waals surface area contributed by atoms with Crippen LogP contribution in [0, 0.1) is 54.4 Å². The Morgan fingerprint density at radius 3 is 2.48 bits per heavy atom. The Balaban J connectivity index is 1.77. The van der Waals surface area contributed by atoms with Gasteiger partial charge in [0.1, 0.15) is 0 Å². The smallest absolute Gasteiger partial charge is 0.235 e. The molecule has 0 unspecified atom stereocenters. The van der Waals surface area contributed by atoms with Gasteiger partial charge >= 0.3 is 0 Å². The van der Waals surface area contributed by atoms with E-state index in [1.807, 2.05) is 6.08 Å². The number of rotatable bonds is 2. The monoisotopic (exact) mass is 344 g/mol. The fourth-order valence-corrected chi connectivity index (χ4v) is 8.19. The van der Waals surface area contributed by atoms with Gasteiger partial charge in [-0.25, -0.2) is 4.79 Å². The first-order valence-corrected chi connectivity index (χ1v) is 10.6. The summed E-state index contributed by atoms with van der Waals surface area (Å²) in [7, 11) is 4.27. The average Bonchev–Trinajstić information content (AvgIpc) is 2.58. The molecule has 4 aliphatic carbocycles. The van der Waals surface area contributed by atoms with E-state index in [4.69, 9.17) is 0 Å². The predicted molar refractivity (Wildman–Crippen MR) is 99.2 cm³/mol. The van der Waals surface area contributed by atoms with E-state index in [2.05, 4.69) is 45.1 Å². The van der Waals surface area contributed by atoms with Crippen molar-refractivity contribution in [2.75, 3.05) is 0 Å². The topological polar surface area (TPSA) is 46.0 Å². The number of hydrogen-bond donors (Lipinski definition) is 1. The standard InChI is InChI=1S/C22H36N2O/c1-13-10-15-11-14(2)22(4,23-5)18-7-6-17-20(19(15)18)16(13)8-9-21(17,3)24-12-25/h13-20H,5-11,23H2,1-4H3/t13-,14+,15-,16+,17-,18-,19+,20+,21-,22+/m0/s1. The van der Waals surface area contributed by atoms with Crippen LogP contribution in [0.3, 0.4) is 0 Å². The Kier molecular flexibility index (Phi) is 4.20. The maximum atomic E-state index is 11.1. The molecular formula is C22H36N2O. The van der Waals surface area contributed by atoms with Crippen LogP contribution in [0.4, 0.5) is 0 Å². The number of aliphatic imine (C=N–C) groups is 1. The van der Waals surface area contributed by atoms with Gasteiger partial charge < -0.3 is 5.32 Å². The molecule has 0 radical (unpaired) electrons. The van der Waals surface area contributed by atoms with Crippen LogP contribution in [0.15, 0.2) is 4.99 Å². The van der Waals surface area contributed by atoms with Crippen LogP contribution < -0.4 is 5.32 Å². The van der Waals surface area contributed by atoms with Crippen molar-refractivity contribution in [1.29, 1.82) is 0 Å². The molecule has 0 heterocycles. The second kappa shape index (κ2) is 5.92. The maximum Gasteiger partial charge on any atom is 0.235 e. The minimum Gasteiger partial charge on any atom is -0.474 e. The van der Waals surface area contributed by atoms with Gasteiger partial charge in [-0.1, -0.05) is 13.8 Å². The Morgan fingerprint density at radius 1 is 1.08 bits per heavy atom. The fourth-order valence-electron chi connectivity index (χ4n) is 8.19. The van der Waals surface area contributed by atoms with E-state index in [0.717, 1.165) is 47.8 Å². The van der Waals surface area contributed by atoms with Gasteiger partial charge in [0.05, 0.1) is 11.1 Å². The summed E-state index contributed by atoms with van der Waals surface area (Å²) in [6.45, 7) is 9.68. The van der Waals surface area contributed by atoms with Gasteiger partial charge in [0.2, 0.25) is 6.08 Å². The molecule has 4 aliphatic rings. The van der Waals surface area contributed by atoms with Crippen molar-refractivity contribution < 1.29 is 10.1 Å². The lowest BCUT2D eigenvalue weighted by atomic mass is 9.40. The summed E-state index contributed by atoms with van der Waals surface area (Å²) in [4.78, 5) is 15.5. The van der Waals surface area contributed by atoms with Crippen molar-refractivity contribution in [3.63, 3.8) is 0 Å². The van der Waals surface area contributed by atoms with Gasteiger partial charge in [-0.15, -0.1) is 0 Å². The van der Waals surface area contributed by atoms with E-state index >= 15 is 0 Å². The van der Waals surface area contributed by atoms with Gasteiger partial charge in [0.15, 0.2) is 0 Å². The molecule has 3 nitrogen and oxygen atoms in total. The van der Waals surface area contributed by atoms with E-state index < -0.39 is 0 Å². The first-order chi connectivity index (χ1) is 11.9. The lowest BCUT2D eigenvalue weighted by Crippen LogP contribution is -2.96. The maximum absolute atomic E-state index is 11.1. The Hall–Kier alpha value is -0.660. The summed E-state index contributed by atoms with van der Waals surface area (Å²) in [5.74, 6) is 6.22. The van der Waals surface area contributed by atoms with Gasteiger partial charge in [-0.2, -0.15) is 12.0 Å². The molecule has 0 aromatic rings. The molecule has 25 heavy (non-hydrogen) atoms. The number of isocyanates is 1. The zero-order valence-corrected chi connectivity index (χ0v) is 16.5. The van der Waals surface area contributed by atoms with Crippen LogP contribution in [0.2, 0.25) is 0 Å². The molecule has 0 spiro atoms. The van der Waals surface area contributed by atoms with Crippen molar-refractivity contribution in [1.82, 2.24) is 0 Å². The quantitative estimate of drug-likeness (QED) is 0.465. The highest BCUT2D eigenvalue weighted by Crippen LogP contribution is 2.65. The number of hydrogen-bond acceptors (Lipinski definition) is 2. The van der Waals surface area contributed by atoms with Crippen LogP contribution >= 0.6 is 0 Å². The van der Waals surface area contributed by atoms with Crippen molar-refractivity contribution in [3.05, 3.63) is 7.05 Å². The van der Waals surface area contributed by atoms with Crippen molar-refractivity contribution in [2.45, 2.75) is 77.3 Å². The molecule has 2 N–H and O–H groups in total. The molecule has 3 heteroatoms. The molecule has 4 fully saturated rings. The molecule has 0 aliphatic heterocycles.